The summed E-state index contributed by atoms with van der Waals surface area (Å²) in [5, 5.41) is 13.7. The lowest BCUT2D eigenvalue weighted by atomic mass is 10.1. The summed E-state index contributed by atoms with van der Waals surface area (Å²) >= 11 is 6.23. The van der Waals surface area contributed by atoms with E-state index in [0.29, 0.717) is 17.3 Å². The molecule has 0 aliphatic rings. The van der Waals surface area contributed by atoms with Crippen molar-refractivity contribution in [3.63, 3.8) is 0 Å². The van der Waals surface area contributed by atoms with Gasteiger partial charge >= 0.3 is 0 Å². The molecule has 0 amide bonds. The zero-order valence-corrected chi connectivity index (χ0v) is 13.3. The quantitative estimate of drug-likeness (QED) is 0.813. The van der Waals surface area contributed by atoms with Gasteiger partial charge in [0.1, 0.15) is 18.5 Å². The van der Waals surface area contributed by atoms with Gasteiger partial charge < -0.3 is 19.9 Å². The van der Waals surface area contributed by atoms with Gasteiger partial charge in [-0.05, 0) is 32.9 Å². The predicted molar refractivity (Wildman–Crippen MR) is 81.4 cm³/mol. The van der Waals surface area contributed by atoms with Crippen molar-refractivity contribution in [1.82, 2.24) is 5.32 Å². The summed E-state index contributed by atoms with van der Waals surface area (Å²) in [4.78, 5) is 0. The van der Waals surface area contributed by atoms with Crippen molar-refractivity contribution < 1.29 is 14.6 Å². The number of rotatable bonds is 7. The molecule has 4 nitrogen and oxygen atoms in total. The van der Waals surface area contributed by atoms with Gasteiger partial charge in [-0.2, -0.15) is 0 Å². The van der Waals surface area contributed by atoms with Crippen molar-refractivity contribution in [2.24, 2.45) is 0 Å². The number of benzene rings is 1. The highest BCUT2D eigenvalue weighted by Crippen LogP contribution is 2.27. The van der Waals surface area contributed by atoms with E-state index in [0.717, 1.165) is 5.56 Å². The normalized spacial score (nSPS) is 13.3. The summed E-state index contributed by atoms with van der Waals surface area (Å²) in [6.45, 7) is 7.30. The molecule has 0 aliphatic heterocycles. The van der Waals surface area contributed by atoms with Crippen LogP contribution in [0, 0.1) is 0 Å². The monoisotopic (exact) mass is 301 g/mol. The molecule has 2 N–H and O–H groups in total. The SMILES string of the molecule is COCC(O)COc1cccc(Cl)c1CNC(C)(C)C. The first-order valence-corrected chi connectivity index (χ1v) is 7.03. The average molecular weight is 302 g/mol. The van der Waals surface area contributed by atoms with Gasteiger partial charge in [-0.15, -0.1) is 0 Å². The van der Waals surface area contributed by atoms with Gasteiger partial charge in [0.05, 0.1) is 6.61 Å². The molecule has 114 valence electrons. The lowest BCUT2D eigenvalue weighted by molar-refractivity contribution is 0.0323. The van der Waals surface area contributed by atoms with E-state index in [1.807, 2.05) is 18.2 Å². The van der Waals surface area contributed by atoms with Crippen LogP contribution in [-0.2, 0) is 11.3 Å². The Labute approximate surface area is 126 Å². The smallest absolute Gasteiger partial charge is 0.125 e. The molecule has 1 atom stereocenters. The highest BCUT2D eigenvalue weighted by molar-refractivity contribution is 6.31. The third-order valence-corrected chi connectivity index (χ3v) is 3.02. The standard InChI is InChI=1S/C15H24ClNO3/c1-15(2,3)17-8-12-13(16)6-5-7-14(12)20-10-11(18)9-19-4/h5-7,11,17-18H,8-10H2,1-4H3. The Kier molecular flexibility index (Phi) is 6.76. The molecule has 0 aromatic heterocycles. The lowest BCUT2D eigenvalue weighted by Crippen LogP contribution is -2.35. The van der Waals surface area contributed by atoms with Crippen LogP contribution in [-0.4, -0.2) is 37.1 Å². The van der Waals surface area contributed by atoms with Crippen LogP contribution in [0.5, 0.6) is 5.75 Å². The van der Waals surface area contributed by atoms with E-state index in [4.69, 9.17) is 21.1 Å². The summed E-state index contributed by atoms with van der Waals surface area (Å²) in [5.74, 6) is 0.685. The van der Waals surface area contributed by atoms with Gasteiger partial charge in [-0.3, -0.25) is 0 Å². The molecule has 0 saturated carbocycles. The Hall–Kier alpha value is -0.810. The second-order valence-electron chi connectivity index (χ2n) is 5.74. The largest absolute Gasteiger partial charge is 0.490 e. The molecule has 0 spiro atoms. The Morgan fingerprint density at radius 1 is 1.30 bits per heavy atom. The summed E-state index contributed by atoms with van der Waals surface area (Å²) in [7, 11) is 1.54. The van der Waals surface area contributed by atoms with Crippen LogP contribution >= 0.6 is 11.6 Å². The van der Waals surface area contributed by atoms with Gasteiger partial charge in [-0.25, -0.2) is 0 Å². The number of halogens is 1. The van der Waals surface area contributed by atoms with Crippen molar-refractivity contribution >= 4 is 11.6 Å². The Morgan fingerprint density at radius 2 is 2.00 bits per heavy atom. The lowest BCUT2D eigenvalue weighted by Gasteiger charge is -2.22. The van der Waals surface area contributed by atoms with Crippen molar-refractivity contribution in [2.75, 3.05) is 20.3 Å². The first kappa shape index (κ1) is 17.2. The molecule has 0 fully saturated rings. The number of aliphatic hydroxyl groups excluding tert-OH is 1. The van der Waals surface area contributed by atoms with Crippen LogP contribution in [0.4, 0.5) is 0 Å². The first-order chi connectivity index (χ1) is 9.33. The summed E-state index contributed by atoms with van der Waals surface area (Å²) < 4.78 is 10.5. The average Bonchev–Trinajstić information content (AvgIpc) is 2.34. The zero-order valence-electron chi connectivity index (χ0n) is 12.6. The van der Waals surface area contributed by atoms with Gasteiger partial charge in [-0.1, -0.05) is 17.7 Å². The third-order valence-electron chi connectivity index (χ3n) is 2.66. The molecule has 5 heteroatoms. The van der Waals surface area contributed by atoms with Gasteiger partial charge in [0.25, 0.3) is 0 Å². The van der Waals surface area contributed by atoms with E-state index in [2.05, 4.69) is 26.1 Å². The second-order valence-corrected chi connectivity index (χ2v) is 6.15. The molecule has 0 heterocycles. The molecule has 1 aromatic rings. The number of ether oxygens (including phenoxy) is 2. The van der Waals surface area contributed by atoms with Crippen LogP contribution in [0.3, 0.4) is 0 Å². The van der Waals surface area contributed by atoms with Crippen molar-refractivity contribution in [3.8, 4) is 5.75 Å². The molecule has 1 rings (SSSR count). The van der Waals surface area contributed by atoms with E-state index in [1.165, 1.54) is 0 Å². The molecule has 20 heavy (non-hydrogen) atoms. The fraction of sp³-hybridized carbons (Fsp3) is 0.600. The Bertz CT molecular complexity index is 418. The van der Waals surface area contributed by atoms with Crippen LogP contribution < -0.4 is 10.1 Å². The number of hydrogen-bond acceptors (Lipinski definition) is 4. The number of aliphatic hydroxyl groups is 1. The molecular weight excluding hydrogens is 278 g/mol. The Balaban J connectivity index is 2.72. The van der Waals surface area contributed by atoms with Gasteiger partial charge in [0.2, 0.25) is 0 Å². The van der Waals surface area contributed by atoms with E-state index < -0.39 is 6.10 Å². The number of methoxy groups -OCH3 is 1. The molecule has 1 unspecified atom stereocenters. The van der Waals surface area contributed by atoms with Crippen molar-refractivity contribution in [2.45, 2.75) is 39.0 Å². The minimum absolute atomic E-state index is 0.00793. The van der Waals surface area contributed by atoms with Crippen LogP contribution in [0.15, 0.2) is 18.2 Å². The fourth-order valence-corrected chi connectivity index (χ4v) is 1.86. The zero-order chi connectivity index (χ0) is 15.2. The maximum absolute atomic E-state index is 9.63. The number of hydrogen-bond donors (Lipinski definition) is 2. The molecule has 0 aliphatic carbocycles. The predicted octanol–water partition coefficient (Wildman–Crippen LogP) is 2.61. The van der Waals surface area contributed by atoms with E-state index in [1.54, 1.807) is 7.11 Å². The van der Waals surface area contributed by atoms with Crippen molar-refractivity contribution in [1.29, 1.82) is 0 Å². The third kappa shape index (κ3) is 6.09. The highest BCUT2D eigenvalue weighted by Gasteiger charge is 2.14. The maximum atomic E-state index is 9.63. The minimum atomic E-state index is -0.651. The van der Waals surface area contributed by atoms with Gasteiger partial charge in [0, 0.05) is 29.8 Å². The summed E-state index contributed by atoms with van der Waals surface area (Å²) in [5.41, 5.74) is 0.889. The van der Waals surface area contributed by atoms with Gasteiger partial charge in [0.15, 0.2) is 0 Å². The molecule has 0 saturated heterocycles. The fourth-order valence-electron chi connectivity index (χ4n) is 1.63. The van der Waals surface area contributed by atoms with E-state index in [9.17, 15) is 5.11 Å². The summed E-state index contributed by atoms with van der Waals surface area (Å²) in [6, 6.07) is 5.52. The summed E-state index contributed by atoms with van der Waals surface area (Å²) in [6.07, 6.45) is -0.651. The molecular formula is C15H24ClNO3. The van der Waals surface area contributed by atoms with E-state index in [-0.39, 0.29) is 18.8 Å². The minimum Gasteiger partial charge on any atom is -0.490 e. The highest BCUT2D eigenvalue weighted by atomic mass is 35.5. The molecule has 0 bridgehead atoms. The van der Waals surface area contributed by atoms with Crippen molar-refractivity contribution in [3.05, 3.63) is 28.8 Å². The molecule has 0 radical (unpaired) electrons. The topological polar surface area (TPSA) is 50.7 Å². The maximum Gasteiger partial charge on any atom is 0.125 e. The van der Waals surface area contributed by atoms with Crippen LogP contribution in [0.2, 0.25) is 5.02 Å². The first-order valence-electron chi connectivity index (χ1n) is 6.65. The number of nitrogens with one attached hydrogen (secondary N) is 1. The van der Waals surface area contributed by atoms with E-state index >= 15 is 0 Å². The van der Waals surface area contributed by atoms with Crippen LogP contribution in [0.25, 0.3) is 0 Å². The van der Waals surface area contributed by atoms with Crippen LogP contribution in [0.1, 0.15) is 26.3 Å². The molecule has 1 aromatic carbocycles. The second kappa shape index (κ2) is 7.84. The Morgan fingerprint density at radius 3 is 2.60 bits per heavy atom.